The van der Waals surface area contributed by atoms with Crippen molar-refractivity contribution in [1.82, 2.24) is 9.78 Å². The molecule has 0 saturated carbocycles. The number of hydrogen-bond donors (Lipinski definition) is 1. The Balaban J connectivity index is 2.28. The van der Waals surface area contributed by atoms with Crippen LogP contribution >= 0.6 is 0 Å². The van der Waals surface area contributed by atoms with Gasteiger partial charge in [-0.3, -0.25) is 0 Å². The Morgan fingerprint density at radius 2 is 2.27 bits per heavy atom. The number of rotatable bonds is 1. The third kappa shape index (κ3) is 2.00. The zero-order chi connectivity index (χ0) is 11.1. The van der Waals surface area contributed by atoms with Gasteiger partial charge in [0.2, 0.25) is 0 Å². The van der Waals surface area contributed by atoms with Gasteiger partial charge in [-0.25, -0.2) is 4.68 Å². The Morgan fingerprint density at radius 1 is 1.53 bits per heavy atom. The Bertz CT molecular complexity index is 345. The van der Waals surface area contributed by atoms with Crippen LogP contribution in [-0.2, 0) is 10.3 Å². The second-order valence-electron chi connectivity index (χ2n) is 5.08. The largest absolute Gasteiger partial charge is 0.384 e. The van der Waals surface area contributed by atoms with Crippen LogP contribution in [0.25, 0.3) is 0 Å². The highest BCUT2D eigenvalue weighted by atomic mass is 16.5. The van der Waals surface area contributed by atoms with Gasteiger partial charge in [0, 0.05) is 12.7 Å². The predicted molar refractivity (Wildman–Crippen MR) is 59.6 cm³/mol. The van der Waals surface area contributed by atoms with Gasteiger partial charge >= 0.3 is 0 Å². The molecule has 1 aliphatic rings. The van der Waals surface area contributed by atoms with Crippen LogP contribution in [0.4, 0.5) is 5.82 Å². The fourth-order valence-electron chi connectivity index (χ4n) is 1.92. The molecule has 0 amide bonds. The molecule has 4 nitrogen and oxygen atoms in total. The summed E-state index contributed by atoms with van der Waals surface area (Å²) in [6, 6.07) is 1.93. The van der Waals surface area contributed by atoms with Crippen LogP contribution in [0.15, 0.2) is 6.07 Å². The number of anilines is 1. The highest BCUT2D eigenvalue weighted by Gasteiger charge is 2.24. The monoisotopic (exact) mass is 209 g/mol. The topological polar surface area (TPSA) is 53.1 Å². The molecule has 2 heterocycles. The standard InChI is InChI=1S/C11H19N3O/c1-11(2,3)14-10(12)7-8(13-14)9-5-4-6-15-9/h7,9H,4-6,12H2,1-3H3. The summed E-state index contributed by atoms with van der Waals surface area (Å²) in [4.78, 5) is 0. The van der Waals surface area contributed by atoms with Crippen molar-refractivity contribution in [3.05, 3.63) is 11.8 Å². The summed E-state index contributed by atoms with van der Waals surface area (Å²) in [5, 5.41) is 4.53. The average Bonchev–Trinajstić information content (AvgIpc) is 2.68. The Labute approximate surface area is 90.4 Å². The van der Waals surface area contributed by atoms with E-state index in [0.29, 0.717) is 5.82 Å². The second-order valence-corrected chi connectivity index (χ2v) is 5.08. The first-order valence-corrected chi connectivity index (χ1v) is 5.46. The number of ether oxygens (including phenoxy) is 1. The zero-order valence-corrected chi connectivity index (χ0v) is 9.66. The molecule has 1 aromatic rings. The molecule has 0 spiro atoms. The summed E-state index contributed by atoms with van der Waals surface area (Å²) in [5.41, 5.74) is 6.84. The Kier molecular flexibility index (Phi) is 2.46. The van der Waals surface area contributed by atoms with Gasteiger partial charge in [0.05, 0.1) is 11.2 Å². The molecule has 1 unspecified atom stereocenters. The SMILES string of the molecule is CC(C)(C)n1nc(C2CCCO2)cc1N. The second kappa shape index (κ2) is 3.52. The van der Waals surface area contributed by atoms with E-state index in [1.165, 1.54) is 0 Å². The van der Waals surface area contributed by atoms with E-state index in [1.807, 2.05) is 10.7 Å². The van der Waals surface area contributed by atoms with E-state index >= 15 is 0 Å². The lowest BCUT2D eigenvalue weighted by molar-refractivity contribution is 0.107. The van der Waals surface area contributed by atoms with Gasteiger partial charge in [0.15, 0.2) is 0 Å². The van der Waals surface area contributed by atoms with Crippen molar-refractivity contribution in [2.45, 2.75) is 45.3 Å². The first kappa shape index (κ1) is 10.5. The highest BCUT2D eigenvalue weighted by molar-refractivity contribution is 5.33. The van der Waals surface area contributed by atoms with Crippen molar-refractivity contribution in [2.24, 2.45) is 0 Å². The molecule has 0 aliphatic carbocycles. The van der Waals surface area contributed by atoms with Crippen molar-refractivity contribution < 1.29 is 4.74 Å². The summed E-state index contributed by atoms with van der Waals surface area (Å²) in [7, 11) is 0. The van der Waals surface area contributed by atoms with Crippen molar-refractivity contribution in [3.8, 4) is 0 Å². The smallest absolute Gasteiger partial charge is 0.122 e. The van der Waals surface area contributed by atoms with E-state index in [-0.39, 0.29) is 11.6 Å². The zero-order valence-electron chi connectivity index (χ0n) is 9.66. The molecule has 0 bridgehead atoms. The van der Waals surface area contributed by atoms with Gasteiger partial charge in [-0.15, -0.1) is 0 Å². The average molecular weight is 209 g/mol. The first-order chi connectivity index (χ1) is 6.98. The summed E-state index contributed by atoms with van der Waals surface area (Å²) in [6.07, 6.45) is 2.32. The molecular weight excluding hydrogens is 190 g/mol. The molecule has 84 valence electrons. The molecule has 0 radical (unpaired) electrons. The number of hydrogen-bond acceptors (Lipinski definition) is 3. The third-order valence-electron chi connectivity index (χ3n) is 2.65. The number of nitrogens with two attached hydrogens (primary N) is 1. The van der Waals surface area contributed by atoms with Crippen LogP contribution in [0, 0.1) is 0 Å². The lowest BCUT2D eigenvalue weighted by Gasteiger charge is -2.20. The van der Waals surface area contributed by atoms with Gasteiger partial charge in [0.1, 0.15) is 11.9 Å². The minimum Gasteiger partial charge on any atom is -0.384 e. The van der Waals surface area contributed by atoms with Crippen LogP contribution in [0.5, 0.6) is 0 Å². The summed E-state index contributed by atoms with van der Waals surface area (Å²) in [5.74, 6) is 0.716. The van der Waals surface area contributed by atoms with E-state index in [1.54, 1.807) is 0 Å². The van der Waals surface area contributed by atoms with E-state index in [2.05, 4.69) is 25.9 Å². The van der Waals surface area contributed by atoms with E-state index < -0.39 is 0 Å². The lowest BCUT2D eigenvalue weighted by Crippen LogP contribution is -2.24. The van der Waals surface area contributed by atoms with Crippen LogP contribution in [0.3, 0.4) is 0 Å². The van der Waals surface area contributed by atoms with E-state index in [4.69, 9.17) is 10.5 Å². The molecule has 4 heteroatoms. The van der Waals surface area contributed by atoms with Gasteiger partial charge < -0.3 is 10.5 Å². The van der Waals surface area contributed by atoms with Crippen LogP contribution in [0.1, 0.15) is 45.4 Å². The number of aromatic nitrogens is 2. The maximum atomic E-state index is 5.94. The molecule has 1 aromatic heterocycles. The lowest BCUT2D eigenvalue weighted by atomic mass is 10.1. The Hall–Kier alpha value is -1.03. The first-order valence-electron chi connectivity index (χ1n) is 5.46. The van der Waals surface area contributed by atoms with Gasteiger partial charge in [-0.2, -0.15) is 5.10 Å². The van der Waals surface area contributed by atoms with Crippen molar-refractivity contribution in [1.29, 1.82) is 0 Å². The van der Waals surface area contributed by atoms with E-state index in [0.717, 1.165) is 25.1 Å². The number of nitrogen functional groups attached to an aromatic ring is 1. The Morgan fingerprint density at radius 3 is 2.73 bits per heavy atom. The third-order valence-corrected chi connectivity index (χ3v) is 2.65. The molecule has 1 fully saturated rings. The highest BCUT2D eigenvalue weighted by Crippen LogP contribution is 2.30. The summed E-state index contributed by atoms with van der Waals surface area (Å²) in [6.45, 7) is 7.12. The molecular formula is C11H19N3O. The molecule has 15 heavy (non-hydrogen) atoms. The normalized spacial score (nSPS) is 22.2. The quantitative estimate of drug-likeness (QED) is 0.770. The predicted octanol–water partition coefficient (Wildman–Crippen LogP) is 2.07. The molecule has 0 aromatic carbocycles. The molecule has 1 saturated heterocycles. The molecule has 1 aliphatic heterocycles. The van der Waals surface area contributed by atoms with E-state index in [9.17, 15) is 0 Å². The fraction of sp³-hybridized carbons (Fsp3) is 0.727. The van der Waals surface area contributed by atoms with Crippen LogP contribution in [0.2, 0.25) is 0 Å². The van der Waals surface area contributed by atoms with Gasteiger partial charge in [-0.1, -0.05) is 0 Å². The molecule has 2 N–H and O–H groups in total. The molecule has 2 rings (SSSR count). The van der Waals surface area contributed by atoms with Crippen LogP contribution in [-0.4, -0.2) is 16.4 Å². The van der Waals surface area contributed by atoms with Gasteiger partial charge in [0.25, 0.3) is 0 Å². The van der Waals surface area contributed by atoms with Crippen molar-refractivity contribution >= 4 is 5.82 Å². The molecule has 1 atom stereocenters. The maximum absolute atomic E-state index is 5.94. The van der Waals surface area contributed by atoms with Gasteiger partial charge in [-0.05, 0) is 33.6 Å². The fourth-order valence-corrected chi connectivity index (χ4v) is 1.92. The maximum Gasteiger partial charge on any atom is 0.122 e. The minimum absolute atomic E-state index is 0.0685. The summed E-state index contributed by atoms with van der Waals surface area (Å²) >= 11 is 0. The minimum atomic E-state index is -0.0685. The van der Waals surface area contributed by atoms with Crippen molar-refractivity contribution in [3.63, 3.8) is 0 Å². The van der Waals surface area contributed by atoms with Crippen molar-refractivity contribution in [2.75, 3.05) is 12.3 Å². The number of nitrogens with zero attached hydrogens (tertiary/aromatic N) is 2. The van der Waals surface area contributed by atoms with Crippen LogP contribution < -0.4 is 5.73 Å². The summed E-state index contributed by atoms with van der Waals surface area (Å²) < 4.78 is 7.45.